The average Bonchev–Trinajstić information content (AvgIpc) is 2.92. The molecule has 0 N–H and O–H groups in total. The summed E-state index contributed by atoms with van der Waals surface area (Å²) < 4.78 is 0. The molecule has 6 heteroatoms. The molecule has 1 saturated heterocycles. The number of hydrogen-bond donors (Lipinski definition) is 0. The van der Waals surface area contributed by atoms with E-state index in [0.717, 1.165) is 37.2 Å². The fourth-order valence-corrected chi connectivity index (χ4v) is 2.93. The van der Waals surface area contributed by atoms with Crippen molar-refractivity contribution in [2.45, 2.75) is 33.6 Å². The Morgan fingerprint density at radius 1 is 1.22 bits per heavy atom. The summed E-state index contributed by atoms with van der Waals surface area (Å²) in [7, 11) is 0. The fourth-order valence-electron chi connectivity index (χ4n) is 2.76. The van der Waals surface area contributed by atoms with Crippen LogP contribution in [0.1, 0.15) is 41.5 Å². The van der Waals surface area contributed by atoms with Gasteiger partial charge in [0, 0.05) is 18.1 Å². The summed E-state index contributed by atoms with van der Waals surface area (Å²) in [5.74, 6) is 0.657. The van der Waals surface area contributed by atoms with Gasteiger partial charge in [-0.25, -0.2) is 0 Å². The maximum Gasteiger partial charge on any atom is 0.276 e. The van der Waals surface area contributed by atoms with Crippen LogP contribution < -0.4 is 0 Å². The predicted molar refractivity (Wildman–Crippen MR) is 90.1 cm³/mol. The second-order valence-corrected chi connectivity index (χ2v) is 6.74. The maximum absolute atomic E-state index is 12.7. The van der Waals surface area contributed by atoms with Crippen molar-refractivity contribution in [3.63, 3.8) is 0 Å². The first-order valence-electron chi connectivity index (χ1n) is 7.95. The van der Waals surface area contributed by atoms with E-state index in [1.165, 1.54) is 4.80 Å². The minimum atomic E-state index is -0.0288. The van der Waals surface area contributed by atoms with Crippen molar-refractivity contribution in [1.82, 2.24) is 19.9 Å². The molecule has 2 aromatic rings. The molecule has 1 aromatic heterocycles. The zero-order valence-electron chi connectivity index (χ0n) is 13.7. The van der Waals surface area contributed by atoms with Gasteiger partial charge in [-0.2, -0.15) is 9.90 Å². The quantitative estimate of drug-likeness (QED) is 0.846. The molecule has 1 aromatic carbocycles. The summed E-state index contributed by atoms with van der Waals surface area (Å²) in [6.45, 7) is 7.58. The van der Waals surface area contributed by atoms with Crippen molar-refractivity contribution in [3.05, 3.63) is 40.2 Å². The zero-order chi connectivity index (χ0) is 16.6. The van der Waals surface area contributed by atoms with Crippen LogP contribution >= 0.6 is 11.6 Å². The molecule has 0 atom stereocenters. The molecule has 3 rings (SSSR count). The van der Waals surface area contributed by atoms with Crippen LogP contribution in [0.5, 0.6) is 0 Å². The van der Waals surface area contributed by atoms with Crippen LogP contribution in [-0.4, -0.2) is 38.9 Å². The molecule has 0 radical (unpaired) electrons. The number of amides is 1. The highest BCUT2D eigenvalue weighted by Crippen LogP contribution is 2.21. The number of piperidine rings is 1. The Morgan fingerprint density at radius 3 is 2.57 bits per heavy atom. The van der Waals surface area contributed by atoms with Crippen molar-refractivity contribution >= 4 is 17.5 Å². The summed E-state index contributed by atoms with van der Waals surface area (Å²) in [6.07, 6.45) is 2.10. The van der Waals surface area contributed by atoms with Gasteiger partial charge in [-0.1, -0.05) is 24.6 Å². The summed E-state index contributed by atoms with van der Waals surface area (Å²) in [6, 6.07) is 5.63. The van der Waals surface area contributed by atoms with Gasteiger partial charge in [-0.3, -0.25) is 4.79 Å². The Balaban J connectivity index is 1.85. The molecule has 122 valence electrons. The Bertz CT molecular complexity index is 732. The lowest BCUT2D eigenvalue weighted by molar-refractivity contribution is 0.0690. The SMILES string of the molecule is Cc1ccc(-n2nc(C)c(C(=O)N3CCC(C)CC3)n2)cc1Cl. The van der Waals surface area contributed by atoms with E-state index in [2.05, 4.69) is 17.1 Å². The topological polar surface area (TPSA) is 51.0 Å². The van der Waals surface area contributed by atoms with E-state index in [1.54, 1.807) is 0 Å². The third-order valence-corrected chi connectivity index (χ3v) is 4.85. The molecule has 1 fully saturated rings. The Labute approximate surface area is 141 Å². The number of carbonyl (C=O) groups excluding carboxylic acids is 1. The van der Waals surface area contributed by atoms with Crippen molar-refractivity contribution in [2.75, 3.05) is 13.1 Å². The molecule has 0 spiro atoms. The highest BCUT2D eigenvalue weighted by atomic mass is 35.5. The van der Waals surface area contributed by atoms with Crippen LogP contribution in [-0.2, 0) is 0 Å². The lowest BCUT2D eigenvalue weighted by atomic mass is 9.99. The molecule has 2 heterocycles. The molecule has 23 heavy (non-hydrogen) atoms. The third kappa shape index (κ3) is 3.24. The monoisotopic (exact) mass is 332 g/mol. The number of aromatic nitrogens is 3. The Hall–Kier alpha value is -1.88. The standard InChI is InChI=1S/C17H21ClN4O/c1-11-6-8-21(9-7-11)17(23)16-13(3)19-22(20-16)14-5-4-12(2)15(18)10-14/h4-5,10-11H,6-9H2,1-3H3. The van der Waals surface area contributed by atoms with Crippen molar-refractivity contribution in [3.8, 4) is 5.69 Å². The van der Waals surface area contributed by atoms with E-state index in [0.29, 0.717) is 22.3 Å². The molecule has 1 aliphatic rings. The molecular formula is C17H21ClN4O. The van der Waals surface area contributed by atoms with Gasteiger partial charge in [-0.15, -0.1) is 5.10 Å². The van der Waals surface area contributed by atoms with E-state index < -0.39 is 0 Å². The lowest BCUT2D eigenvalue weighted by Gasteiger charge is -2.29. The van der Waals surface area contributed by atoms with Gasteiger partial charge in [0.15, 0.2) is 5.69 Å². The third-order valence-electron chi connectivity index (χ3n) is 4.44. The van der Waals surface area contributed by atoms with Crippen LogP contribution in [0.4, 0.5) is 0 Å². The Morgan fingerprint density at radius 2 is 1.91 bits per heavy atom. The maximum atomic E-state index is 12.7. The van der Waals surface area contributed by atoms with Crippen LogP contribution in [0.3, 0.4) is 0 Å². The molecule has 0 aliphatic carbocycles. The molecule has 5 nitrogen and oxygen atoms in total. The van der Waals surface area contributed by atoms with Crippen molar-refractivity contribution < 1.29 is 4.79 Å². The minimum absolute atomic E-state index is 0.0288. The number of aryl methyl sites for hydroxylation is 2. The summed E-state index contributed by atoms with van der Waals surface area (Å²) in [5, 5.41) is 9.44. The van der Waals surface area contributed by atoms with E-state index in [-0.39, 0.29) is 5.91 Å². The van der Waals surface area contributed by atoms with Crippen LogP contribution in [0.15, 0.2) is 18.2 Å². The summed E-state index contributed by atoms with van der Waals surface area (Å²) in [4.78, 5) is 16.0. The van der Waals surface area contributed by atoms with Gasteiger partial charge in [0.1, 0.15) is 0 Å². The van der Waals surface area contributed by atoms with Gasteiger partial charge < -0.3 is 4.90 Å². The second kappa shape index (κ2) is 6.32. The first-order valence-corrected chi connectivity index (χ1v) is 8.33. The van der Waals surface area contributed by atoms with Crippen LogP contribution in [0.25, 0.3) is 5.69 Å². The smallest absolute Gasteiger partial charge is 0.276 e. The highest BCUT2D eigenvalue weighted by molar-refractivity contribution is 6.31. The largest absolute Gasteiger partial charge is 0.337 e. The molecule has 1 amide bonds. The van der Waals surface area contributed by atoms with E-state index in [9.17, 15) is 4.79 Å². The van der Waals surface area contributed by atoms with Crippen molar-refractivity contribution in [2.24, 2.45) is 5.92 Å². The first-order chi connectivity index (χ1) is 11.0. The Kier molecular flexibility index (Phi) is 4.39. The zero-order valence-corrected chi connectivity index (χ0v) is 14.5. The number of rotatable bonds is 2. The number of hydrogen-bond acceptors (Lipinski definition) is 3. The van der Waals surface area contributed by atoms with Crippen LogP contribution in [0.2, 0.25) is 5.02 Å². The molecule has 1 aliphatic heterocycles. The van der Waals surface area contributed by atoms with Gasteiger partial charge in [0.2, 0.25) is 0 Å². The fraction of sp³-hybridized carbons (Fsp3) is 0.471. The van der Waals surface area contributed by atoms with Gasteiger partial charge in [-0.05, 0) is 50.3 Å². The number of carbonyl (C=O) groups is 1. The normalized spacial score (nSPS) is 15.9. The highest BCUT2D eigenvalue weighted by Gasteiger charge is 2.25. The molecule has 0 saturated carbocycles. The molecular weight excluding hydrogens is 312 g/mol. The number of benzene rings is 1. The average molecular weight is 333 g/mol. The minimum Gasteiger partial charge on any atom is -0.337 e. The first kappa shape index (κ1) is 16.0. The molecule has 0 bridgehead atoms. The second-order valence-electron chi connectivity index (χ2n) is 6.33. The predicted octanol–water partition coefficient (Wildman–Crippen LogP) is 3.41. The van der Waals surface area contributed by atoms with E-state index in [1.807, 2.05) is 36.9 Å². The van der Waals surface area contributed by atoms with Crippen LogP contribution in [0, 0.1) is 19.8 Å². The van der Waals surface area contributed by atoms with Gasteiger partial charge in [0.05, 0.1) is 11.4 Å². The van der Waals surface area contributed by atoms with E-state index in [4.69, 9.17) is 11.6 Å². The summed E-state index contributed by atoms with van der Waals surface area (Å²) >= 11 is 6.16. The van der Waals surface area contributed by atoms with Crippen molar-refractivity contribution in [1.29, 1.82) is 0 Å². The number of likely N-dealkylation sites (tertiary alicyclic amines) is 1. The molecule has 0 unspecified atom stereocenters. The van der Waals surface area contributed by atoms with Gasteiger partial charge in [0.25, 0.3) is 5.91 Å². The van der Waals surface area contributed by atoms with Gasteiger partial charge >= 0.3 is 0 Å². The number of halogens is 1. The number of nitrogens with zero attached hydrogens (tertiary/aromatic N) is 4. The summed E-state index contributed by atoms with van der Waals surface area (Å²) in [5.41, 5.74) is 2.83. The lowest BCUT2D eigenvalue weighted by Crippen LogP contribution is -2.38. The van der Waals surface area contributed by atoms with E-state index >= 15 is 0 Å².